The fourth-order valence-corrected chi connectivity index (χ4v) is 2.25. The van der Waals surface area contributed by atoms with Gasteiger partial charge in [0.15, 0.2) is 5.82 Å². The van der Waals surface area contributed by atoms with E-state index in [4.69, 9.17) is 23.2 Å². The monoisotopic (exact) mass is 359 g/mol. The van der Waals surface area contributed by atoms with Gasteiger partial charge in [0, 0.05) is 6.20 Å². The number of pyridine rings is 1. The minimum absolute atomic E-state index is 0.400. The minimum Gasteiger partial charge on any atom is -0.251 e. The summed E-state index contributed by atoms with van der Waals surface area (Å²) >= 11 is 15.4. The molecular formula is C13H12BrCl2N3. The van der Waals surface area contributed by atoms with Gasteiger partial charge in [0.25, 0.3) is 0 Å². The molecule has 2 heterocycles. The Hall–Kier alpha value is -0.710. The van der Waals surface area contributed by atoms with E-state index in [1.165, 1.54) is 0 Å². The lowest BCUT2D eigenvalue weighted by Gasteiger charge is -2.09. The van der Waals surface area contributed by atoms with Crippen molar-refractivity contribution in [2.75, 3.05) is 0 Å². The van der Waals surface area contributed by atoms with Gasteiger partial charge in [-0.25, -0.2) is 9.97 Å². The summed E-state index contributed by atoms with van der Waals surface area (Å²) in [5.74, 6) is 0.994. The van der Waals surface area contributed by atoms with Crippen LogP contribution in [0.1, 0.15) is 19.5 Å². The Morgan fingerprint density at radius 2 is 1.95 bits per heavy atom. The Morgan fingerprint density at radius 3 is 2.53 bits per heavy atom. The smallest absolute Gasteiger partial charge is 0.179 e. The maximum atomic E-state index is 6.13. The number of halogens is 3. The molecule has 19 heavy (non-hydrogen) atoms. The second kappa shape index (κ2) is 6.16. The van der Waals surface area contributed by atoms with Gasteiger partial charge in [0.05, 0.1) is 15.2 Å². The molecule has 0 fully saturated rings. The summed E-state index contributed by atoms with van der Waals surface area (Å²) in [6.07, 6.45) is 2.39. The molecule has 0 unspecified atom stereocenters. The topological polar surface area (TPSA) is 38.7 Å². The van der Waals surface area contributed by atoms with Gasteiger partial charge >= 0.3 is 0 Å². The van der Waals surface area contributed by atoms with E-state index in [-0.39, 0.29) is 0 Å². The summed E-state index contributed by atoms with van der Waals surface area (Å²) in [6, 6.07) is 3.53. The van der Waals surface area contributed by atoms with Gasteiger partial charge in [-0.15, -0.1) is 0 Å². The van der Waals surface area contributed by atoms with Crippen LogP contribution >= 0.6 is 39.1 Å². The average Bonchev–Trinajstić information content (AvgIpc) is 2.35. The molecule has 0 spiro atoms. The number of aromatic nitrogens is 3. The van der Waals surface area contributed by atoms with E-state index in [2.05, 4.69) is 44.7 Å². The van der Waals surface area contributed by atoms with Crippen LogP contribution < -0.4 is 0 Å². The fraction of sp³-hybridized carbons (Fsp3) is 0.308. The molecule has 0 radical (unpaired) electrons. The molecule has 2 rings (SSSR count). The lowest BCUT2D eigenvalue weighted by atomic mass is 10.1. The first-order valence-corrected chi connectivity index (χ1v) is 7.36. The molecule has 0 aliphatic carbocycles. The summed E-state index contributed by atoms with van der Waals surface area (Å²) in [5, 5.41) is 0.978. The summed E-state index contributed by atoms with van der Waals surface area (Å²) < 4.78 is 0.751. The zero-order chi connectivity index (χ0) is 14.0. The van der Waals surface area contributed by atoms with Gasteiger partial charge in [-0.1, -0.05) is 37.0 Å². The van der Waals surface area contributed by atoms with E-state index in [0.717, 1.165) is 16.6 Å². The molecule has 0 amide bonds. The van der Waals surface area contributed by atoms with Crippen molar-refractivity contribution in [2.24, 2.45) is 5.92 Å². The van der Waals surface area contributed by atoms with Gasteiger partial charge in [-0.3, -0.25) is 4.98 Å². The normalized spacial score (nSPS) is 11.1. The van der Waals surface area contributed by atoms with Crippen LogP contribution in [0.25, 0.3) is 11.5 Å². The number of nitrogens with zero attached hydrogens (tertiary/aromatic N) is 3. The van der Waals surface area contributed by atoms with Crippen molar-refractivity contribution in [3.63, 3.8) is 0 Å². The molecule has 0 aliphatic rings. The summed E-state index contributed by atoms with van der Waals surface area (Å²) in [7, 11) is 0. The van der Waals surface area contributed by atoms with Crippen molar-refractivity contribution in [1.82, 2.24) is 15.0 Å². The van der Waals surface area contributed by atoms with Crippen LogP contribution in [-0.2, 0) is 6.42 Å². The van der Waals surface area contributed by atoms with Crippen LogP contribution in [0.15, 0.2) is 22.8 Å². The third-order valence-corrected chi connectivity index (χ3v) is 4.00. The van der Waals surface area contributed by atoms with Crippen LogP contribution in [0, 0.1) is 5.92 Å². The maximum absolute atomic E-state index is 6.13. The first-order chi connectivity index (χ1) is 8.97. The highest BCUT2D eigenvalue weighted by molar-refractivity contribution is 9.10. The van der Waals surface area contributed by atoms with Gasteiger partial charge in [-0.05, 0) is 40.4 Å². The lowest BCUT2D eigenvalue weighted by molar-refractivity contribution is 0.632. The quantitative estimate of drug-likeness (QED) is 0.737. The van der Waals surface area contributed by atoms with Crippen molar-refractivity contribution >= 4 is 39.1 Å². The van der Waals surface area contributed by atoms with Gasteiger partial charge in [-0.2, -0.15) is 0 Å². The van der Waals surface area contributed by atoms with E-state index >= 15 is 0 Å². The molecule has 3 nitrogen and oxygen atoms in total. The molecule has 0 atom stereocenters. The molecule has 2 aromatic heterocycles. The molecule has 0 bridgehead atoms. The standard InChI is InChI=1S/C13H12BrCl2N3/c1-7(2)5-10-11(14)12(16)19-13(18-10)9-4-3-8(15)6-17-9/h3-4,6-7H,5H2,1-2H3. The third kappa shape index (κ3) is 3.65. The van der Waals surface area contributed by atoms with Crippen molar-refractivity contribution < 1.29 is 0 Å². The number of rotatable bonds is 3. The Balaban J connectivity index is 2.46. The molecular weight excluding hydrogens is 349 g/mol. The van der Waals surface area contributed by atoms with Gasteiger partial charge in [0.1, 0.15) is 10.8 Å². The Morgan fingerprint density at radius 1 is 1.21 bits per heavy atom. The maximum Gasteiger partial charge on any atom is 0.179 e. The first-order valence-electron chi connectivity index (χ1n) is 5.81. The average molecular weight is 361 g/mol. The minimum atomic E-state index is 0.400. The predicted octanol–water partition coefficient (Wildman–Crippen LogP) is 4.81. The van der Waals surface area contributed by atoms with Gasteiger partial charge in [0.2, 0.25) is 0 Å². The van der Waals surface area contributed by atoms with Gasteiger partial charge < -0.3 is 0 Å². The Labute approximate surface area is 130 Å². The fourth-order valence-electron chi connectivity index (χ4n) is 1.61. The van der Waals surface area contributed by atoms with Crippen LogP contribution in [-0.4, -0.2) is 15.0 Å². The SMILES string of the molecule is CC(C)Cc1nc(-c2ccc(Cl)cn2)nc(Cl)c1Br. The second-order valence-electron chi connectivity index (χ2n) is 4.56. The third-order valence-electron chi connectivity index (χ3n) is 2.44. The van der Waals surface area contributed by atoms with Crippen LogP contribution in [0.2, 0.25) is 10.2 Å². The van der Waals surface area contributed by atoms with Crippen molar-refractivity contribution in [3.8, 4) is 11.5 Å². The Kier molecular flexibility index (Phi) is 4.76. The zero-order valence-electron chi connectivity index (χ0n) is 10.5. The van der Waals surface area contributed by atoms with Crippen LogP contribution in [0.5, 0.6) is 0 Å². The lowest BCUT2D eigenvalue weighted by Crippen LogP contribution is -2.03. The van der Waals surface area contributed by atoms with E-state index in [9.17, 15) is 0 Å². The Bertz CT molecular complexity index is 585. The van der Waals surface area contributed by atoms with Crippen molar-refractivity contribution in [1.29, 1.82) is 0 Å². The van der Waals surface area contributed by atoms with E-state index in [0.29, 0.717) is 27.6 Å². The number of hydrogen-bond donors (Lipinski definition) is 0. The van der Waals surface area contributed by atoms with E-state index in [1.807, 2.05) is 0 Å². The summed E-state index contributed by atoms with van der Waals surface area (Å²) in [4.78, 5) is 13.0. The summed E-state index contributed by atoms with van der Waals surface area (Å²) in [6.45, 7) is 4.26. The van der Waals surface area contributed by atoms with E-state index in [1.54, 1.807) is 18.3 Å². The van der Waals surface area contributed by atoms with E-state index < -0.39 is 0 Å². The first kappa shape index (κ1) is 14.7. The molecule has 0 aromatic carbocycles. The van der Waals surface area contributed by atoms with Crippen LogP contribution in [0.4, 0.5) is 0 Å². The second-order valence-corrected chi connectivity index (χ2v) is 6.15. The molecule has 0 N–H and O–H groups in total. The molecule has 6 heteroatoms. The molecule has 100 valence electrons. The number of hydrogen-bond acceptors (Lipinski definition) is 3. The van der Waals surface area contributed by atoms with Crippen molar-refractivity contribution in [2.45, 2.75) is 20.3 Å². The van der Waals surface area contributed by atoms with Crippen molar-refractivity contribution in [3.05, 3.63) is 38.7 Å². The molecule has 0 saturated carbocycles. The summed E-state index contributed by atoms with van der Waals surface area (Å²) in [5.41, 5.74) is 1.55. The highest BCUT2D eigenvalue weighted by Crippen LogP contribution is 2.28. The highest BCUT2D eigenvalue weighted by Gasteiger charge is 2.13. The zero-order valence-corrected chi connectivity index (χ0v) is 13.6. The highest BCUT2D eigenvalue weighted by atomic mass is 79.9. The molecule has 0 aliphatic heterocycles. The molecule has 0 saturated heterocycles. The largest absolute Gasteiger partial charge is 0.251 e. The molecule has 2 aromatic rings. The van der Waals surface area contributed by atoms with Crippen LogP contribution in [0.3, 0.4) is 0 Å². The predicted molar refractivity (Wildman–Crippen MR) is 81.5 cm³/mol.